The third-order valence-electron chi connectivity index (χ3n) is 4.17. The standard InChI is InChI=1S/C22H23BrN2O5/c1-14-12-18(10-11-19(14)23)25-21(28)13-30-22(29)5-3-4-20(27)24-17-8-6-16(7-9-17)15(2)26/h6-12H,3-5,13H2,1-2H3,(H,24,27)(H,25,28). The van der Waals surface area contributed by atoms with Crippen molar-refractivity contribution >= 4 is 50.9 Å². The van der Waals surface area contributed by atoms with E-state index in [0.717, 1.165) is 10.0 Å². The molecule has 0 saturated carbocycles. The van der Waals surface area contributed by atoms with Crippen molar-refractivity contribution in [1.29, 1.82) is 0 Å². The molecule has 0 aromatic heterocycles. The van der Waals surface area contributed by atoms with Crippen LogP contribution < -0.4 is 10.6 Å². The Balaban J connectivity index is 1.65. The summed E-state index contributed by atoms with van der Waals surface area (Å²) in [6.45, 7) is 2.98. The van der Waals surface area contributed by atoms with E-state index in [9.17, 15) is 19.2 Å². The first-order valence-electron chi connectivity index (χ1n) is 9.37. The number of amides is 2. The van der Waals surface area contributed by atoms with Crippen LogP contribution in [0.1, 0.15) is 42.1 Å². The SMILES string of the molecule is CC(=O)c1ccc(NC(=O)CCCC(=O)OCC(=O)Nc2ccc(Br)c(C)c2)cc1. The molecule has 30 heavy (non-hydrogen) atoms. The first kappa shape index (κ1) is 23.3. The normalized spacial score (nSPS) is 10.2. The number of ketones is 1. The van der Waals surface area contributed by atoms with Gasteiger partial charge in [-0.2, -0.15) is 0 Å². The molecule has 0 fully saturated rings. The Kier molecular flexibility index (Phi) is 8.73. The molecule has 2 amide bonds. The largest absolute Gasteiger partial charge is 0.456 e. The van der Waals surface area contributed by atoms with Crippen LogP contribution in [0.15, 0.2) is 46.9 Å². The summed E-state index contributed by atoms with van der Waals surface area (Å²) >= 11 is 3.38. The summed E-state index contributed by atoms with van der Waals surface area (Å²) < 4.78 is 5.88. The third kappa shape index (κ3) is 7.79. The Morgan fingerprint density at radius 1 is 0.900 bits per heavy atom. The average molecular weight is 475 g/mol. The van der Waals surface area contributed by atoms with Crippen molar-refractivity contribution < 1.29 is 23.9 Å². The molecule has 0 heterocycles. The van der Waals surface area contributed by atoms with Gasteiger partial charge in [-0.15, -0.1) is 0 Å². The molecule has 0 bridgehead atoms. The second-order valence-electron chi connectivity index (χ2n) is 6.71. The number of esters is 1. The van der Waals surface area contributed by atoms with Gasteiger partial charge >= 0.3 is 5.97 Å². The van der Waals surface area contributed by atoms with Crippen LogP contribution >= 0.6 is 15.9 Å². The lowest BCUT2D eigenvalue weighted by atomic mass is 10.1. The Hall–Kier alpha value is -3.00. The van der Waals surface area contributed by atoms with Gasteiger partial charge in [0.25, 0.3) is 5.91 Å². The molecule has 0 aliphatic heterocycles. The van der Waals surface area contributed by atoms with Gasteiger partial charge in [-0.05, 0) is 68.3 Å². The minimum Gasteiger partial charge on any atom is -0.456 e. The van der Waals surface area contributed by atoms with Crippen LogP contribution in [0.3, 0.4) is 0 Å². The van der Waals surface area contributed by atoms with Gasteiger partial charge in [-0.25, -0.2) is 0 Å². The van der Waals surface area contributed by atoms with E-state index in [4.69, 9.17) is 4.74 Å². The van der Waals surface area contributed by atoms with E-state index in [0.29, 0.717) is 23.4 Å². The lowest BCUT2D eigenvalue weighted by Crippen LogP contribution is -2.21. The number of benzene rings is 2. The topological polar surface area (TPSA) is 102 Å². The summed E-state index contributed by atoms with van der Waals surface area (Å²) in [6, 6.07) is 11.9. The zero-order valence-electron chi connectivity index (χ0n) is 16.8. The molecular weight excluding hydrogens is 452 g/mol. The van der Waals surface area contributed by atoms with Crippen molar-refractivity contribution in [3.05, 3.63) is 58.1 Å². The maximum Gasteiger partial charge on any atom is 0.306 e. The fourth-order valence-corrected chi connectivity index (χ4v) is 2.79. The first-order chi connectivity index (χ1) is 14.2. The summed E-state index contributed by atoms with van der Waals surface area (Å²) in [7, 11) is 0. The number of Topliss-reactive ketones (excluding diaryl/α,β-unsaturated/α-hetero) is 1. The fraction of sp³-hybridized carbons (Fsp3) is 0.273. The van der Waals surface area contributed by atoms with Gasteiger partial charge in [-0.3, -0.25) is 19.2 Å². The summed E-state index contributed by atoms with van der Waals surface area (Å²) in [5.41, 5.74) is 2.73. The molecule has 8 heteroatoms. The second-order valence-corrected chi connectivity index (χ2v) is 7.56. The number of hydrogen-bond acceptors (Lipinski definition) is 5. The Bertz CT molecular complexity index is 941. The highest BCUT2D eigenvalue weighted by molar-refractivity contribution is 9.10. The number of rotatable bonds is 9. The Morgan fingerprint density at radius 3 is 2.17 bits per heavy atom. The van der Waals surface area contributed by atoms with E-state index in [1.165, 1.54) is 6.92 Å². The van der Waals surface area contributed by atoms with E-state index in [1.807, 2.05) is 13.0 Å². The number of ether oxygens (including phenoxy) is 1. The van der Waals surface area contributed by atoms with Crippen LogP contribution in [-0.4, -0.2) is 30.2 Å². The quantitative estimate of drug-likeness (QED) is 0.417. The lowest BCUT2D eigenvalue weighted by molar-refractivity contribution is -0.147. The molecule has 0 saturated heterocycles. The zero-order valence-corrected chi connectivity index (χ0v) is 18.4. The van der Waals surface area contributed by atoms with Crippen LogP contribution in [0.25, 0.3) is 0 Å². The molecule has 0 aliphatic rings. The zero-order chi connectivity index (χ0) is 22.1. The lowest BCUT2D eigenvalue weighted by Gasteiger charge is -2.08. The Morgan fingerprint density at radius 2 is 1.53 bits per heavy atom. The fourth-order valence-electron chi connectivity index (χ4n) is 2.54. The number of carbonyl (C=O) groups is 4. The Labute approximate surface area is 183 Å². The highest BCUT2D eigenvalue weighted by atomic mass is 79.9. The van der Waals surface area contributed by atoms with Crippen molar-refractivity contribution in [3.63, 3.8) is 0 Å². The number of nitrogens with one attached hydrogen (secondary N) is 2. The molecule has 0 radical (unpaired) electrons. The van der Waals surface area contributed by atoms with E-state index < -0.39 is 11.9 Å². The molecule has 158 valence electrons. The maximum atomic E-state index is 11.9. The van der Waals surface area contributed by atoms with Crippen LogP contribution in [0.4, 0.5) is 11.4 Å². The molecule has 2 rings (SSSR count). The molecule has 0 spiro atoms. The van der Waals surface area contributed by atoms with Gasteiger partial charge in [0, 0.05) is 34.3 Å². The van der Waals surface area contributed by atoms with Gasteiger partial charge < -0.3 is 15.4 Å². The second kappa shape index (κ2) is 11.3. The smallest absolute Gasteiger partial charge is 0.306 e. The first-order valence-corrected chi connectivity index (χ1v) is 10.2. The van der Waals surface area contributed by atoms with Crippen molar-refractivity contribution in [1.82, 2.24) is 0 Å². The van der Waals surface area contributed by atoms with Crippen molar-refractivity contribution in [3.8, 4) is 0 Å². The number of hydrogen-bond donors (Lipinski definition) is 2. The van der Waals surface area contributed by atoms with Crippen LogP contribution in [-0.2, 0) is 19.1 Å². The van der Waals surface area contributed by atoms with Gasteiger partial charge in [-0.1, -0.05) is 15.9 Å². The number of aryl methyl sites for hydroxylation is 1. The maximum absolute atomic E-state index is 11.9. The van der Waals surface area contributed by atoms with Crippen molar-refractivity contribution in [2.75, 3.05) is 17.2 Å². The molecule has 2 aromatic carbocycles. The molecule has 2 N–H and O–H groups in total. The summed E-state index contributed by atoms with van der Waals surface area (Å²) in [4.78, 5) is 46.8. The molecule has 0 aliphatic carbocycles. The predicted molar refractivity (Wildman–Crippen MR) is 117 cm³/mol. The monoisotopic (exact) mass is 474 g/mol. The van der Waals surface area contributed by atoms with E-state index >= 15 is 0 Å². The van der Waals surface area contributed by atoms with Gasteiger partial charge in [0.05, 0.1) is 0 Å². The molecule has 0 unspecified atom stereocenters. The van der Waals surface area contributed by atoms with Gasteiger partial charge in [0.1, 0.15) is 0 Å². The molecule has 0 atom stereocenters. The summed E-state index contributed by atoms with van der Waals surface area (Å²) in [6.07, 6.45) is 0.457. The number of halogens is 1. The average Bonchev–Trinajstić information content (AvgIpc) is 2.69. The van der Waals surface area contributed by atoms with Crippen LogP contribution in [0.2, 0.25) is 0 Å². The van der Waals surface area contributed by atoms with Gasteiger partial charge in [0.15, 0.2) is 12.4 Å². The predicted octanol–water partition coefficient (Wildman–Crippen LogP) is 4.25. The van der Waals surface area contributed by atoms with Gasteiger partial charge in [0.2, 0.25) is 5.91 Å². The number of carbonyl (C=O) groups excluding carboxylic acids is 4. The summed E-state index contributed by atoms with van der Waals surface area (Å²) in [5.74, 6) is -1.28. The number of anilines is 2. The minimum absolute atomic E-state index is 0.0291. The van der Waals surface area contributed by atoms with E-state index in [2.05, 4.69) is 26.6 Å². The molecular formula is C22H23BrN2O5. The summed E-state index contributed by atoms with van der Waals surface area (Å²) in [5, 5.41) is 5.35. The molecule has 2 aromatic rings. The van der Waals surface area contributed by atoms with E-state index in [-0.39, 0.29) is 31.1 Å². The highest BCUT2D eigenvalue weighted by Crippen LogP contribution is 2.20. The van der Waals surface area contributed by atoms with Crippen molar-refractivity contribution in [2.45, 2.75) is 33.1 Å². The minimum atomic E-state index is -0.546. The molecule has 7 nitrogen and oxygen atoms in total. The van der Waals surface area contributed by atoms with Crippen LogP contribution in [0.5, 0.6) is 0 Å². The van der Waals surface area contributed by atoms with E-state index in [1.54, 1.807) is 36.4 Å². The highest BCUT2D eigenvalue weighted by Gasteiger charge is 2.10. The third-order valence-corrected chi connectivity index (χ3v) is 5.06. The van der Waals surface area contributed by atoms with Crippen LogP contribution in [0, 0.1) is 6.92 Å². The van der Waals surface area contributed by atoms with Crippen molar-refractivity contribution in [2.24, 2.45) is 0 Å².